The molecule has 8 nitrogen and oxygen atoms in total. The molecule has 0 saturated carbocycles. The number of anilines is 1. The molecule has 1 aromatic carbocycles. The second-order valence-electron chi connectivity index (χ2n) is 8.99. The molecule has 1 amide bonds. The predicted octanol–water partition coefficient (Wildman–Crippen LogP) is 6.36. The number of carbonyl (C=O) groups excluding carboxylic acids is 1. The lowest BCUT2D eigenvalue weighted by Crippen LogP contribution is -2.11. The zero-order chi connectivity index (χ0) is 25.2. The summed E-state index contributed by atoms with van der Waals surface area (Å²) in [5.41, 5.74) is 8.06. The number of nitrogens with one attached hydrogen (secondary N) is 3. The van der Waals surface area contributed by atoms with Crippen molar-refractivity contribution < 1.29 is 4.79 Å². The van der Waals surface area contributed by atoms with Crippen molar-refractivity contribution >= 4 is 33.4 Å². The minimum absolute atomic E-state index is 0.00678. The van der Waals surface area contributed by atoms with Crippen LogP contribution in [-0.4, -0.2) is 36.0 Å². The van der Waals surface area contributed by atoms with Gasteiger partial charge in [0, 0.05) is 58.6 Å². The summed E-state index contributed by atoms with van der Waals surface area (Å²) in [5.74, 6) is 0.00678. The molecular weight excluding hydrogens is 462 g/mol. The summed E-state index contributed by atoms with van der Waals surface area (Å²) in [6.07, 6.45) is 11.2. The highest BCUT2D eigenvalue weighted by atomic mass is 16.1. The van der Waals surface area contributed by atoms with Gasteiger partial charge in [0.25, 0.3) is 0 Å². The molecule has 5 aromatic heterocycles. The molecule has 0 spiro atoms. The molecule has 8 heteroatoms. The van der Waals surface area contributed by atoms with Gasteiger partial charge in [0.05, 0.1) is 28.8 Å². The van der Waals surface area contributed by atoms with Crippen molar-refractivity contribution in [3.8, 4) is 33.8 Å². The number of aromatic nitrogens is 6. The molecule has 0 aliphatic carbocycles. The van der Waals surface area contributed by atoms with Crippen LogP contribution in [0.1, 0.15) is 26.2 Å². The summed E-state index contributed by atoms with van der Waals surface area (Å²) in [4.78, 5) is 28.9. The molecule has 0 radical (unpaired) electrons. The number of unbranched alkanes of at least 4 members (excludes halogenated alkanes) is 1. The first-order chi connectivity index (χ1) is 18.2. The van der Waals surface area contributed by atoms with Crippen molar-refractivity contribution in [2.75, 3.05) is 5.32 Å². The number of amides is 1. The van der Waals surface area contributed by atoms with Crippen LogP contribution in [0.5, 0.6) is 0 Å². The number of fused-ring (bicyclic) bond motifs is 2. The number of pyridine rings is 3. The molecule has 0 fully saturated rings. The highest BCUT2D eigenvalue weighted by Gasteiger charge is 2.15. The molecule has 6 aromatic rings. The van der Waals surface area contributed by atoms with E-state index in [4.69, 9.17) is 0 Å². The Labute approximate surface area is 213 Å². The van der Waals surface area contributed by atoms with Crippen molar-refractivity contribution in [2.24, 2.45) is 0 Å². The topological polar surface area (TPSA) is 112 Å². The second kappa shape index (κ2) is 9.66. The molecule has 3 N–H and O–H groups in total. The van der Waals surface area contributed by atoms with Crippen LogP contribution in [0.3, 0.4) is 0 Å². The van der Waals surface area contributed by atoms with E-state index in [-0.39, 0.29) is 5.91 Å². The molecular formula is C29H25N7O. The minimum atomic E-state index is 0.00678. The molecule has 0 aliphatic heterocycles. The SMILES string of the molecule is CCCCC(=O)Nc1cncc(-c2ccc3[nH]nc(-c4cc5c(-c6cccnc6)nccc5[nH]4)c3c2)c1. The highest BCUT2D eigenvalue weighted by molar-refractivity contribution is 6.01. The van der Waals surface area contributed by atoms with E-state index in [1.54, 1.807) is 24.8 Å². The van der Waals surface area contributed by atoms with Crippen LogP contribution in [0.2, 0.25) is 0 Å². The quantitative estimate of drug-likeness (QED) is 0.243. The van der Waals surface area contributed by atoms with Crippen molar-refractivity contribution in [3.63, 3.8) is 0 Å². The highest BCUT2D eigenvalue weighted by Crippen LogP contribution is 2.34. The Kier molecular flexibility index (Phi) is 5.90. The Morgan fingerprint density at radius 2 is 1.76 bits per heavy atom. The number of nitrogens with zero attached hydrogens (tertiary/aromatic N) is 4. The average molecular weight is 488 g/mol. The van der Waals surface area contributed by atoms with Crippen LogP contribution in [0.25, 0.3) is 55.6 Å². The van der Waals surface area contributed by atoms with Gasteiger partial charge in [-0.05, 0) is 54.4 Å². The van der Waals surface area contributed by atoms with E-state index in [2.05, 4.69) is 54.5 Å². The predicted molar refractivity (Wildman–Crippen MR) is 146 cm³/mol. The maximum Gasteiger partial charge on any atom is 0.224 e. The van der Waals surface area contributed by atoms with Gasteiger partial charge in [-0.25, -0.2) is 0 Å². The maximum atomic E-state index is 12.2. The Balaban J connectivity index is 1.37. The first-order valence-electron chi connectivity index (χ1n) is 12.3. The van der Waals surface area contributed by atoms with Crippen molar-refractivity contribution in [2.45, 2.75) is 26.2 Å². The maximum absolute atomic E-state index is 12.2. The normalized spacial score (nSPS) is 11.3. The fourth-order valence-electron chi connectivity index (χ4n) is 4.54. The third-order valence-electron chi connectivity index (χ3n) is 6.41. The summed E-state index contributed by atoms with van der Waals surface area (Å²) in [5, 5.41) is 12.7. The lowest BCUT2D eigenvalue weighted by molar-refractivity contribution is -0.116. The molecule has 5 heterocycles. The number of H-pyrrole nitrogens is 2. The summed E-state index contributed by atoms with van der Waals surface area (Å²) < 4.78 is 0. The number of hydrogen-bond acceptors (Lipinski definition) is 5. The van der Waals surface area contributed by atoms with E-state index in [1.165, 1.54) is 0 Å². The summed E-state index contributed by atoms with van der Waals surface area (Å²) in [6.45, 7) is 2.07. The zero-order valence-electron chi connectivity index (χ0n) is 20.3. The van der Waals surface area contributed by atoms with Crippen LogP contribution >= 0.6 is 0 Å². The van der Waals surface area contributed by atoms with Gasteiger partial charge in [-0.2, -0.15) is 5.10 Å². The van der Waals surface area contributed by atoms with E-state index in [0.29, 0.717) is 12.1 Å². The van der Waals surface area contributed by atoms with Crippen LogP contribution in [-0.2, 0) is 4.79 Å². The third-order valence-corrected chi connectivity index (χ3v) is 6.41. The van der Waals surface area contributed by atoms with E-state index in [0.717, 1.165) is 68.4 Å². The number of hydrogen-bond donors (Lipinski definition) is 3. The Morgan fingerprint density at radius 3 is 2.62 bits per heavy atom. The van der Waals surface area contributed by atoms with E-state index in [9.17, 15) is 4.79 Å². The Bertz CT molecular complexity index is 1720. The smallest absolute Gasteiger partial charge is 0.224 e. The molecule has 182 valence electrons. The lowest BCUT2D eigenvalue weighted by Gasteiger charge is -2.07. The van der Waals surface area contributed by atoms with Gasteiger partial charge in [0.2, 0.25) is 5.91 Å². The van der Waals surface area contributed by atoms with Gasteiger partial charge in [-0.3, -0.25) is 24.8 Å². The van der Waals surface area contributed by atoms with Crippen molar-refractivity contribution in [1.29, 1.82) is 0 Å². The Morgan fingerprint density at radius 1 is 0.865 bits per heavy atom. The number of aromatic amines is 2. The molecule has 0 saturated heterocycles. The minimum Gasteiger partial charge on any atom is -0.353 e. The van der Waals surface area contributed by atoms with E-state index < -0.39 is 0 Å². The summed E-state index contributed by atoms with van der Waals surface area (Å²) in [7, 11) is 0. The van der Waals surface area contributed by atoms with E-state index >= 15 is 0 Å². The van der Waals surface area contributed by atoms with Gasteiger partial charge >= 0.3 is 0 Å². The van der Waals surface area contributed by atoms with E-state index in [1.807, 2.05) is 42.6 Å². The van der Waals surface area contributed by atoms with Gasteiger partial charge in [-0.15, -0.1) is 0 Å². The monoisotopic (exact) mass is 487 g/mol. The Hall–Kier alpha value is -4.85. The standard InChI is InChI=1S/C29H25N7O/c1-2-3-6-27(37)33-21-12-20(16-31-17-21)18-7-8-25-22(13-18)29(36-35-25)26-14-23-24(34-26)9-11-32-28(23)19-5-4-10-30-15-19/h4-5,7-17,34H,2-3,6H2,1H3,(H,33,37)(H,35,36). The summed E-state index contributed by atoms with van der Waals surface area (Å²) >= 11 is 0. The molecule has 37 heavy (non-hydrogen) atoms. The molecule has 0 unspecified atom stereocenters. The van der Waals surface area contributed by atoms with Gasteiger partial charge in [-0.1, -0.05) is 19.4 Å². The third kappa shape index (κ3) is 4.45. The number of benzene rings is 1. The van der Waals surface area contributed by atoms with Gasteiger partial charge in [0.1, 0.15) is 5.69 Å². The fraction of sp³-hybridized carbons (Fsp3) is 0.138. The number of carbonyl (C=O) groups is 1. The van der Waals surface area contributed by atoms with Gasteiger partial charge < -0.3 is 10.3 Å². The average Bonchev–Trinajstić information content (AvgIpc) is 3.56. The zero-order valence-corrected chi connectivity index (χ0v) is 20.3. The van der Waals surface area contributed by atoms with Gasteiger partial charge in [0.15, 0.2) is 0 Å². The first kappa shape index (κ1) is 22.6. The first-order valence-corrected chi connectivity index (χ1v) is 12.3. The lowest BCUT2D eigenvalue weighted by atomic mass is 10.0. The van der Waals surface area contributed by atoms with Crippen molar-refractivity contribution in [3.05, 3.63) is 79.5 Å². The van der Waals surface area contributed by atoms with Crippen LogP contribution in [0.15, 0.2) is 79.5 Å². The second-order valence-corrected chi connectivity index (χ2v) is 8.99. The van der Waals surface area contributed by atoms with Crippen molar-refractivity contribution in [1.82, 2.24) is 30.1 Å². The van der Waals surface area contributed by atoms with Crippen LogP contribution in [0.4, 0.5) is 5.69 Å². The fourth-order valence-corrected chi connectivity index (χ4v) is 4.54. The molecule has 0 atom stereocenters. The molecule has 0 aliphatic rings. The van der Waals surface area contributed by atoms with Crippen LogP contribution < -0.4 is 5.32 Å². The molecule has 6 rings (SSSR count). The molecule has 0 bridgehead atoms. The summed E-state index contributed by atoms with van der Waals surface area (Å²) in [6, 6.07) is 16.1. The van der Waals surface area contributed by atoms with Crippen LogP contribution in [0, 0.1) is 0 Å². The largest absolute Gasteiger partial charge is 0.353 e. The number of rotatable bonds is 7.